The van der Waals surface area contributed by atoms with Gasteiger partial charge in [-0.15, -0.1) is 0 Å². The van der Waals surface area contributed by atoms with Crippen molar-refractivity contribution >= 4 is 33.9 Å². The zero-order valence-electron chi connectivity index (χ0n) is 11.5. The summed E-state index contributed by atoms with van der Waals surface area (Å²) in [5.74, 6) is -0.105. The lowest BCUT2D eigenvalue weighted by molar-refractivity contribution is -0.384. The lowest BCUT2D eigenvalue weighted by Gasteiger charge is -2.11. The second-order valence-corrected chi connectivity index (χ2v) is 5.33. The molecule has 0 aliphatic carbocycles. The molecule has 8 heteroatoms. The van der Waals surface area contributed by atoms with Gasteiger partial charge in [-0.1, -0.05) is 11.6 Å². The monoisotopic (exact) mass is 331 g/mol. The summed E-state index contributed by atoms with van der Waals surface area (Å²) in [6, 6.07) is 8.36. The first kappa shape index (κ1) is 14.9. The molecule has 0 saturated carbocycles. The minimum atomic E-state index is -0.604. The fraction of sp³-hybridized carbons (Fsp3) is 0. The van der Waals surface area contributed by atoms with Gasteiger partial charge in [-0.05, 0) is 24.3 Å². The molecule has 0 spiro atoms. The molecule has 3 aromatic rings. The molecular formula is C15H10ClN3O4. The predicted octanol–water partition coefficient (Wildman–Crippen LogP) is 3.04. The lowest BCUT2D eigenvalue weighted by Crippen LogP contribution is -2.13. The van der Waals surface area contributed by atoms with Crippen molar-refractivity contribution in [1.29, 1.82) is 0 Å². The van der Waals surface area contributed by atoms with Crippen molar-refractivity contribution in [3.8, 4) is 16.9 Å². The highest BCUT2D eigenvalue weighted by Gasteiger charge is 2.17. The number of aromatic hydroxyl groups is 1. The number of rotatable bonds is 2. The van der Waals surface area contributed by atoms with Gasteiger partial charge >= 0.3 is 0 Å². The molecule has 0 aliphatic heterocycles. The smallest absolute Gasteiger partial charge is 0.272 e. The summed E-state index contributed by atoms with van der Waals surface area (Å²) in [7, 11) is 0. The van der Waals surface area contributed by atoms with Gasteiger partial charge in [-0.3, -0.25) is 14.9 Å². The molecule has 4 N–H and O–H groups in total. The van der Waals surface area contributed by atoms with Crippen LogP contribution in [0.5, 0.6) is 5.75 Å². The molecule has 0 saturated heterocycles. The Hall–Kier alpha value is -3.06. The number of nitrogen functional groups attached to an aromatic ring is 1. The Morgan fingerprint density at radius 3 is 2.65 bits per heavy atom. The number of hydrogen-bond donors (Lipinski definition) is 3. The Morgan fingerprint density at radius 1 is 1.22 bits per heavy atom. The molecule has 0 atom stereocenters. The third-order valence-electron chi connectivity index (χ3n) is 3.47. The average Bonchev–Trinajstić information content (AvgIpc) is 2.51. The first-order valence-electron chi connectivity index (χ1n) is 6.47. The van der Waals surface area contributed by atoms with E-state index in [2.05, 4.69) is 4.98 Å². The van der Waals surface area contributed by atoms with E-state index < -0.39 is 10.5 Å². The van der Waals surface area contributed by atoms with E-state index in [-0.39, 0.29) is 33.8 Å². The van der Waals surface area contributed by atoms with Crippen molar-refractivity contribution in [2.45, 2.75) is 0 Å². The van der Waals surface area contributed by atoms with E-state index in [1.165, 1.54) is 36.4 Å². The summed E-state index contributed by atoms with van der Waals surface area (Å²) >= 11 is 5.95. The molecule has 7 nitrogen and oxygen atoms in total. The predicted molar refractivity (Wildman–Crippen MR) is 87.7 cm³/mol. The van der Waals surface area contributed by atoms with Crippen molar-refractivity contribution in [2.75, 3.05) is 5.73 Å². The van der Waals surface area contributed by atoms with E-state index in [0.717, 1.165) is 0 Å². The molecule has 3 rings (SSSR count). The molecular weight excluding hydrogens is 322 g/mol. The van der Waals surface area contributed by atoms with E-state index >= 15 is 0 Å². The van der Waals surface area contributed by atoms with Gasteiger partial charge in [-0.25, -0.2) is 0 Å². The van der Waals surface area contributed by atoms with Crippen LogP contribution in [-0.2, 0) is 0 Å². The summed E-state index contributed by atoms with van der Waals surface area (Å²) in [6.07, 6.45) is 0. The summed E-state index contributed by atoms with van der Waals surface area (Å²) in [5, 5.41) is 21.8. The maximum Gasteiger partial charge on any atom is 0.272 e. The van der Waals surface area contributed by atoms with Crippen LogP contribution in [0.25, 0.3) is 22.0 Å². The van der Waals surface area contributed by atoms with E-state index in [0.29, 0.717) is 10.4 Å². The number of pyridine rings is 1. The van der Waals surface area contributed by atoms with Crippen molar-refractivity contribution in [2.24, 2.45) is 0 Å². The first-order valence-corrected chi connectivity index (χ1v) is 6.85. The Bertz CT molecular complexity index is 1010. The molecule has 0 unspecified atom stereocenters. The Morgan fingerprint density at radius 2 is 1.96 bits per heavy atom. The number of nitrogens with one attached hydrogen (secondary N) is 1. The van der Waals surface area contributed by atoms with Crippen molar-refractivity contribution < 1.29 is 10.0 Å². The van der Waals surface area contributed by atoms with Crippen molar-refractivity contribution in [1.82, 2.24) is 4.98 Å². The molecule has 116 valence electrons. The van der Waals surface area contributed by atoms with Crippen LogP contribution in [-0.4, -0.2) is 15.0 Å². The number of halogens is 1. The van der Waals surface area contributed by atoms with Crippen LogP contribution in [0.1, 0.15) is 0 Å². The SMILES string of the molecule is Nc1c(-c2cc(Cl)ccc2O)c2ccc([N+](=O)[O-])cc2[nH]c1=O. The maximum atomic E-state index is 12.0. The highest BCUT2D eigenvalue weighted by Crippen LogP contribution is 2.38. The third-order valence-corrected chi connectivity index (χ3v) is 3.71. The molecule has 0 amide bonds. The lowest BCUT2D eigenvalue weighted by atomic mass is 9.98. The van der Waals surface area contributed by atoms with Crippen LogP contribution in [0, 0.1) is 10.1 Å². The first-order chi connectivity index (χ1) is 10.9. The van der Waals surface area contributed by atoms with Crippen LogP contribution in [0.4, 0.5) is 11.4 Å². The second kappa shape index (κ2) is 5.29. The number of nitro benzene ring substituents is 1. The van der Waals surface area contributed by atoms with Gasteiger partial charge in [-0.2, -0.15) is 0 Å². The average molecular weight is 332 g/mol. The van der Waals surface area contributed by atoms with E-state index in [4.69, 9.17) is 17.3 Å². The van der Waals surface area contributed by atoms with Gasteiger partial charge in [0.15, 0.2) is 0 Å². The maximum absolute atomic E-state index is 12.0. The topological polar surface area (TPSA) is 122 Å². The van der Waals surface area contributed by atoms with Gasteiger partial charge in [0.1, 0.15) is 11.4 Å². The quantitative estimate of drug-likeness (QED) is 0.492. The normalized spacial score (nSPS) is 10.8. The zero-order chi connectivity index (χ0) is 16.7. The van der Waals surface area contributed by atoms with E-state index in [1.54, 1.807) is 0 Å². The minimum Gasteiger partial charge on any atom is -0.507 e. The van der Waals surface area contributed by atoms with Crippen LogP contribution in [0.3, 0.4) is 0 Å². The fourth-order valence-corrected chi connectivity index (χ4v) is 2.59. The number of nitro groups is 1. The number of aromatic nitrogens is 1. The van der Waals surface area contributed by atoms with Crippen molar-refractivity contribution in [3.63, 3.8) is 0 Å². The van der Waals surface area contributed by atoms with Gasteiger partial charge in [0, 0.05) is 33.7 Å². The molecule has 0 fully saturated rings. The molecule has 0 radical (unpaired) electrons. The van der Waals surface area contributed by atoms with Crippen LogP contribution in [0.15, 0.2) is 41.2 Å². The van der Waals surface area contributed by atoms with Crippen LogP contribution in [0.2, 0.25) is 5.02 Å². The zero-order valence-corrected chi connectivity index (χ0v) is 12.3. The van der Waals surface area contributed by atoms with Gasteiger partial charge in [0.05, 0.1) is 10.4 Å². The summed E-state index contributed by atoms with van der Waals surface area (Å²) in [5.41, 5.74) is 5.78. The number of non-ortho nitro benzene ring substituents is 1. The van der Waals surface area contributed by atoms with Crippen LogP contribution >= 0.6 is 11.6 Å². The molecule has 1 heterocycles. The molecule has 0 bridgehead atoms. The number of aromatic amines is 1. The third kappa shape index (κ3) is 2.47. The Balaban J connectivity index is 2.44. The van der Waals surface area contributed by atoms with Gasteiger partial charge < -0.3 is 15.8 Å². The van der Waals surface area contributed by atoms with E-state index in [9.17, 15) is 20.0 Å². The summed E-state index contributed by atoms with van der Waals surface area (Å²) in [4.78, 5) is 24.9. The highest BCUT2D eigenvalue weighted by atomic mass is 35.5. The largest absolute Gasteiger partial charge is 0.507 e. The number of hydrogen-bond acceptors (Lipinski definition) is 5. The van der Waals surface area contributed by atoms with E-state index in [1.807, 2.05) is 0 Å². The molecule has 23 heavy (non-hydrogen) atoms. The Labute approximate surface area is 134 Å². The number of phenolic OH excluding ortho intramolecular Hbond substituents is 1. The highest BCUT2D eigenvalue weighted by molar-refractivity contribution is 6.31. The van der Waals surface area contributed by atoms with Crippen LogP contribution < -0.4 is 11.3 Å². The number of phenols is 1. The summed E-state index contributed by atoms with van der Waals surface area (Å²) in [6.45, 7) is 0. The number of nitrogens with two attached hydrogens (primary N) is 1. The Kier molecular flexibility index (Phi) is 3.42. The number of nitrogens with zero attached hydrogens (tertiary/aromatic N) is 1. The minimum absolute atomic E-state index is 0.105. The molecule has 2 aromatic carbocycles. The second-order valence-electron chi connectivity index (χ2n) is 4.89. The fourth-order valence-electron chi connectivity index (χ4n) is 2.41. The standard InChI is InChI=1S/C15H10ClN3O4/c16-7-1-4-12(20)10(5-7)13-9-3-2-8(19(22)23)6-11(9)18-15(21)14(13)17/h1-6,20H,17H2,(H,18,21). The van der Waals surface area contributed by atoms with Gasteiger partial charge in [0.2, 0.25) is 0 Å². The number of H-pyrrole nitrogens is 1. The summed E-state index contributed by atoms with van der Waals surface area (Å²) < 4.78 is 0. The number of benzene rings is 2. The number of anilines is 1. The van der Waals surface area contributed by atoms with Crippen molar-refractivity contribution in [3.05, 3.63) is 61.9 Å². The molecule has 0 aliphatic rings. The number of fused-ring (bicyclic) bond motifs is 1. The van der Waals surface area contributed by atoms with Gasteiger partial charge in [0.25, 0.3) is 11.2 Å². The molecule has 1 aromatic heterocycles.